The Morgan fingerprint density at radius 2 is 1.89 bits per heavy atom. The highest BCUT2D eigenvalue weighted by atomic mass is 32.2. The van der Waals surface area contributed by atoms with E-state index in [1.807, 2.05) is 13.8 Å². The maximum atomic E-state index is 14.2. The van der Waals surface area contributed by atoms with Gasteiger partial charge < -0.3 is 24.8 Å². The predicted octanol–water partition coefficient (Wildman–Crippen LogP) is 2.21. The summed E-state index contributed by atoms with van der Waals surface area (Å²) >= 11 is 1.20. The molecule has 4 atom stereocenters. The molecule has 1 fully saturated rings. The van der Waals surface area contributed by atoms with E-state index in [1.165, 1.54) is 24.0 Å². The summed E-state index contributed by atoms with van der Waals surface area (Å²) in [6.45, 7) is 3.65. The van der Waals surface area contributed by atoms with E-state index in [4.69, 9.17) is 9.47 Å². The minimum atomic E-state index is -1.27. The van der Waals surface area contributed by atoms with E-state index in [-0.39, 0.29) is 17.6 Å². The number of hydrogen-bond acceptors (Lipinski definition) is 7. The number of hydrogen-bond donors (Lipinski definition) is 3. The first kappa shape index (κ1) is 19.9. The van der Waals surface area contributed by atoms with Crippen LogP contribution in [0.2, 0.25) is 0 Å². The third kappa shape index (κ3) is 4.70. The highest BCUT2D eigenvalue weighted by Gasteiger charge is 2.38. The molecule has 0 aliphatic carbocycles. The number of thioether (sulfide) groups is 1. The minimum Gasteiger partial charge on any atom is -0.488 e. The lowest BCUT2D eigenvalue weighted by Gasteiger charge is -2.34. The fourth-order valence-electron chi connectivity index (χ4n) is 2.69. The zero-order valence-electron chi connectivity index (χ0n) is 14.9. The Morgan fingerprint density at radius 1 is 1.11 bits per heavy atom. The van der Waals surface area contributed by atoms with Crippen molar-refractivity contribution in [3.05, 3.63) is 42.5 Å². The standard InChI is InChI=1S/C19H22FNO5S/c1-10(2)25-16-4-3-11(6-14(16)20)12-5-13(8-21-7-12)26-19-18(24)17(23)15(22)9-27-19/h3-8,10,15,17-19,22-24H,9H2,1-2H3/t15-,17+,18-,19+/m1/s1. The summed E-state index contributed by atoms with van der Waals surface area (Å²) in [6, 6.07) is 6.33. The molecule has 2 aromatic rings. The quantitative estimate of drug-likeness (QED) is 0.715. The summed E-state index contributed by atoms with van der Waals surface area (Å²) in [5, 5.41) is 29.4. The smallest absolute Gasteiger partial charge is 0.173 e. The van der Waals surface area contributed by atoms with Gasteiger partial charge in [-0.2, -0.15) is 0 Å². The summed E-state index contributed by atoms with van der Waals surface area (Å²) in [5.74, 6) is 0.334. The van der Waals surface area contributed by atoms with Crippen molar-refractivity contribution in [3.63, 3.8) is 0 Å². The summed E-state index contributed by atoms with van der Waals surface area (Å²) in [7, 11) is 0. The van der Waals surface area contributed by atoms with Gasteiger partial charge in [-0.25, -0.2) is 4.39 Å². The van der Waals surface area contributed by atoms with Gasteiger partial charge in [0.05, 0.1) is 18.4 Å². The third-order valence-electron chi connectivity index (χ3n) is 4.05. The predicted molar refractivity (Wildman–Crippen MR) is 100 cm³/mol. The molecule has 146 valence electrons. The van der Waals surface area contributed by atoms with Gasteiger partial charge in [0.1, 0.15) is 18.0 Å². The molecule has 8 heteroatoms. The normalized spacial score (nSPS) is 25.4. The Hall–Kier alpha value is -1.87. The molecule has 0 radical (unpaired) electrons. The third-order valence-corrected chi connectivity index (χ3v) is 5.29. The van der Waals surface area contributed by atoms with Crippen LogP contribution < -0.4 is 9.47 Å². The van der Waals surface area contributed by atoms with Crippen LogP contribution in [0.1, 0.15) is 13.8 Å². The number of nitrogens with zero attached hydrogens (tertiary/aromatic N) is 1. The largest absolute Gasteiger partial charge is 0.488 e. The molecule has 1 saturated heterocycles. The van der Waals surface area contributed by atoms with Crippen LogP contribution in [-0.2, 0) is 0 Å². The molecule has 0 saturated carbocycles. The summed E-state index contributed by atoms with van der Waals surface area (Å²) in [6.07, 6.45) is -0.572. The van der Waals surface area contributed by atoms with E-state index in [1.54, 1.807) is 24.4 Å². The monoisotopic (exact) mass is 395 g/mol. The molecule has 2 heterocycles. The molecule has 1 aromatic heterocycles. The molecule has 6 nitrogen and oxygen atoms in total. The molecule has 1 aliphatic heterocycles. The second-order valence-electron chi connectivity index (χ2n) is 6.59. The van der Waals surface area contributed by atoms with Crippen LogP contribution in [-0.4, -0.2) is 55.9 Å². The van der Waals surface area contributed by atoms with Crippen LogP contribution in [0.3, 0.4) is 0 Å². The van der Waals surface area contributed by atoms with Crippen molar-refractivity contribution < 1.29 is 29.2 Å². The Labute approximate surface area is 161 Å². The second-order valence-corrected chi connectivity index (χ2v) is 7.72. The number of halogens is 1. The molecule has 0 bridgehead atoms. The van der Waals surface area contributed by atoms with Crippen LogP contribution in [0.25, 0.3) is 11.1 Å². The molecule has 3 rings (SSSR count). The SMILES string of the molecule is CC(C)Oc1ccc(-c2cncc(O[C@H]3SC[C@@H](O)[C@H](O)[C@H]3O)c2)cc1F. The molecule has 0 amide bonds. The number of benzene rings is 1. The molecule has 1 aliphatic rings. The molecule has 27 heavy (non-hydrogen) atoms. The van der Waals surface area contributed by atoms with Crippen molar-refractivity contribution in [3.8, 4) is 22.6 Å². The van der Waals surface area contributed by atoms with E-state index in [2.05, 4.69) is 4.98 Å². The van der Waals surface area contributed by atoms with E-state index in [0.29, 0.717) is 16.9 Å². The molecule has 0 spiro atoms. The second kappa shape index (κ2) is 8.43. The van der Waals surface area contributed by atoms with Gasteiger partial charge in [-0.05, 0) is 37.6 Å². The summed E-state index contributed by atoms with van der Waals surface area (Å²) in [5.41, 5.74) is 0.506. The molecular formula is C19H22FNO5S. The summed E-state index contributed by atoms with van der Waals surface area (Å²) in [4.78, 5) is 4.10. The number of aliphatic hydroxyl groups is 3. The molecule has 1 aromatic carbocycles. The number of pyridine rings is 1. The average molecular weight is 395 g/mol. The van der Waals surface area contributed by atoms with Crippen LogP contribution in [0.15, 0.2) is 36.7 Å². The zero-order chi connectivity index (χ0) is 19.6. The van der Waals surface area contributed by atoms with Gasteiger partial charge in [0.25, 0.3) is 0 Å². The van der Waals surface area contributed by atoms with Crippen LogP contribution in [0.5, 0.6) is 11.5 Å². The molecular weight excluding hydrogens is 373 g/mol. The Morgan fingerprint density at radius 3 is 2.59 bits per heavy atom. The van der Waals surface area contributed by atoms with E-state index >= 15 is 0 Å². The van der Waals surface area contributed by atoms with Gasteiger partial charge in [-0.3, -0.25) is 4.98 Å². The van der Waals surface area contributed by atoms with E-state index in [0.717, 1.165) is 0 Å². The lowest BCUT2D eigenvalue weighted by atomic mass is 10.1. The van der Waals surface area contributed by atoms with Crippen LogP contribution >= 0.6 is 11.8 Å². The number of aromatic nitrogens is 1. The number of rotatable bonds is 5. The van der Waals surface area contributed by atoms with Crippen LogP contribution in [0.4, 0.5) is 4.39 Å². The number of ether oxygens (including phenoxy) is 2. The van der Waals surface area contributed by atoms with Gasteiger partial charge in [0, 0.05) is 17.5 Å². The van der Waals surface area contributed by atoms with E-state index < -0.39 is 29.6 Å². The van der Waals surface area contributed by atoms with Gasteiger partial charge in [-0.15, -0.1) is 11.8 Å². The first-order valence-electron chi connectivity index (χ1n) is 8.59. The van der Waals surface area contributed by atoms with Crippen LogP contribution in [0, 0.1) is 5.82 Å². The lowest BCUT2D eigenvalue weighted by molar-refractivity contribution is -0.0786. The Kier molecular flexibility index (Phi) is 6.21. The van der Waals surface area contributed by atoms with Crippen molar-refractivity contribution in [1.82, 2.24) is 4.98 Å². The van der Waals surface area contributed by atoms with Crippen molar-refractivity contribution in [2.45, 2.75) is 43.7 Å². The van der Waals surface area contributed by atoms with Gasteiger partial charge in [-0.1, -0.05) is 6.07 Å². The maximum Gasteiger partial charge on any atom is 0.173 e. The molecule has 0 unspecified atom stereocenters. The van der Waals surface area contributed by atoms with Gasteiger partial charge in [0.15, 0.2) is 17.0 Å². The fourth-order valence-corrected chi connectivity index (χ4v) is 3.81. The average Bonchev–Trinajstić information content (AvgIpc) is 2.64. The fraction of sp³-hybridized carbons (Fsp3) is 0.421. The first-order chi connectivity index (χ1) is 12.8. The van der Waals surface area contributed by atoms with E-state index in [9.17, 15) is 19.7 Å². The van der Waals surface area contributed by atoms with Crippen molar-refractivity contribution in [2.75, 3.05) is 5.75 Å². The van der Waals surface area contributed by atoms with Gasteiger partial charge in [0.2, 0.25) is 0 Å². The number of aliphatic hydroxyl groups excluding tert-OH is 3. The highest BCUT2D eigenvalue weighted by Crippen LogP contribution is 2.31. The summed E-state index contributed by atoms with van der Waals surface area (Å²) < 4.78 is 25.4. The molecule has 3 N–H and O–H groups in total. The first-order valence-corrected chi connectivity index (χ1v) is 9.64. The Bertz CT molecular complexity index is 790. The minimum absolute atomic E-state index is 0.128. The highest BCUT2D eigenvalue weighted by molar-refractivity contribution is 7.99. The Balaban J connectivity index is 1.77. The lowest BCUT2D eigenvalue weighted by Crippen LogP contribution is -2.50. The van der Waals surface area contributed by atoms with Gasteiger partial charge >= 0.3 is 0 Å². The van der Waals surface area contributed by atoms with Crippen molar-refractivity contribution in [1.29, 1.82) is 0 Å². The van der Waals surface area contributed by atoms with Crippen molar-refractivity contribution >= 4 is 11.8 Å². The van der Waals surface area contributed by atoms with Crippen molar-refractivity contribution in [2.24, 2.45) is 0 Å². The zero-order valence-corrected chi connectivity index (χ0v) is 15.8. The maximum absolute atomic E-state index is 14.2. The topological polar surface area (TPSA) is 92.0 Å².